The number of ether oxygens (including phenoxy) is 2. The fourth-order valence-corrected chi connectivity index (χ4v) is 3.91. The smallest absolute Gasteiger partial charge is 0.241 e. The summed E-state index contributed by atoms with van der Waals surface area (Å²) < 4.78 is 15.0. The summed E-state index contributed by atoms with van der Waals surface area (Å²) in [5, 5.41) is 0. The standard InChI is InChI=1S/C28H22BrN3O2/c29-24-13-7-12-23(16-24)25-17-32(20-30-25)26-14-15-27(33-18-21-8-3-1-4-9-21)31-28(26)34-19-22-10-5-2-6-11-22/h1-17,20H,18-19H2. The van der Waals surface area contributed by atoms with Crippen LogP contribution in [-0.4, -0.2) is 14.5 Å². The van der Waals surface area contributed by atoms with E-state index in [1.807, 2.05) is 108 Å². The zero-order valence-electron chi connectivity index (χ0n) is 18.3. The third kappa shape index (κ3) is 5.35. The maximum atomic E-state index is 6.16. The largest absolute Gasteiger partial charge is 0.473 e. The summed E-state index contributed by atoms with van der Waals surface area (Å²) in [6, 6.07) is 31.9. The Morgan fingerprint density at radius 3 is 2.15 bits per heavy atom. The first-order valence-electron chi connectivity index (χ1n) is 10.9. The van der Waals surface area contributed by atoms with Gasteiger partial charge in [-0.15, -0.1) is 0 Å². The minimum atomic E-state index is 0.399. The van der Waals surface area contributed by atoms with E-state index in [9.17, 15) is 0 Å². The lowest BCUT2D eigenvalue weighted by molar-refractivity contribution is 0.267. The lowest BCUT2D eigenvalue weighted by Gasteiger charge is -2.13. The van der Waals surface area contributed by atoms with Crippen molar-refractivity contribution in [3.8, 4) is 28.7 Å². The highest BCUT2D eigenvalue weighted by atomic mass is 79.9. The molecule has 0 N–H and O–H groups in total. The fourth-order valence-electron chi connectivity index (χ4n) is 3.51. The molecule has 0 radical (unpaired) electrons. The highest BCUT2D eigenvalue weighted by molar-refractivity contribution is 9.10. The molecule has 6 heteroatoms. The molecule has 34 heavy (non-hydrogen) atoms. The Hall–Kier alpha value is -3.90. The Kier molecular flexibility index (Phi) is 6.68. The molecule has 2 aromatic heterocycles. The van der Waals surface area contributed by atoms with Crippen LogP contribution in [0.15, 0.2) is 114 Å². The third-order valence-corrected chi connectivity index (χ3v) is 5.74. The molecule has 168 valence electrons. The van der Waals surface area contributed by atoms with E-state index >= 15 is 0 Å². The number of nitrogens with zero attached hydrogens (tertiary/aromatic N) is 3. The molecule has 0 saturated heterocycles. The highest BCUT2D eigenvalue weighted by Gasteiger charge is 2.13. The van der Waals surface area contributed by atoms with Crippen LogP contribution in [0.2, 0.25) is 0 Å². The second-order valence-corrected chi connectivity index (χ2v) is 8.61. The molecule has 0 aliphatic rings. The van der Waals surface area contributed by atoms with E-state index in [4.69, 9.17) is 9.47 Å². The van der Waals surface area contributed by atoms with Crippen LogP contribution in [-0.2, 0) is 13.2 Å². The third-order valence-electron chi connectivity index (χ3n) is 5.24. The Morgan fingerprint density at radius 1 is 0.735 bits per heavy atom. The summed E-state index contributed by atoms with van der Waals surface area (Å²) in [6.07, 6.45) is 3.74. The van der Waals surface area contributed by atoms with E-state index < -0.39 is 0 Å². The van der Waals surface area contributed by atoms with E-state index in [-0.39, 0.29) is 0 Å². The predicted octanol–water partition coefficient (Wildman–Crippen LogP) is 6.85. The number of hydrogen-bond acceptors (Lipinski definition) is 4. The Labute approximate surface area is 206 Å². The molecular formula is C28H22BrN3O2. The number of hydrogen-bond donors (Lipinski definition) is 0. The van der Waals surface area contributed by atoms with Gasteiger partial charge in [0.2, 0.25) is 11.8 Å². The van der Waals surface area contributed by atoms with Gasteiger partial charge in [0.05, 0.1) is 5.69 Å². The topological polar surface area (TPSA) is 49.2 Å². The van der Waals surface area contributed by atoms with Crippen LogP contribution < -0.4 is 9.47 Å². The van der Waals surface area contributed by atoms with Gasteiger partial charge in [-0.25, -0.2) is 4.98 Å². The first-order chi connectivity index (χ1) is 16.7. The quantitative estimate of drug-likeness (QED) is 0.228. The number of pyridine rings is 1. The Morgan fingerprint density at radius 2 is 1.44 bits per heavy atom. The van der Waals surface area contributed by atoms with Crippen LogP contribution in [0.4, 0.5) is 0 Å². The monoisotopic (exact) mass is 511 g/mol. The average molecular weight is 512 g/mol. The molecule has 0 aliphatic carbocycles. The number of imidazole rings is 1. The SMILES string of the molecule is Brc1cccc(-c2cn(-c3ccc(OCc4ccccc4)nc3OCc3ccccc3)cn2)c1. The van der Waals surface area contributed by atoms with Gasteiger partial charge in [-0.2, -0.15) is 4.98 Å². The molecule has 2 heterocycles. The maximum Gasteiger partial charge on any atom is 0.241 e. The Balaban J connectivity index is 1.43. The van der Waals surface area contributed by atoms with Gasteiger partial charge < -0.3 is 14.0 Å². The van der Waals surface area contributed by atoms with Gasteiger partial charge in [0.25, 0.3) is 0 Å². The number of halogens is 1. The normalized spacial score (nSPS) is 10.7. The predicted molar refractivity (Wildman–Crippen MR) is 136 cm³/mol. The van der Waals surface area contributed by atoms with Crippen LogP contribution in [0.3, 0.4) is 0 Å². The van der Waals surface area contributed by atoms with E-state index in [0.717, 1.165) is 32.5 Å². The van der Waals surface area contributed by atoms with Crippen molar-refractivity contribution in [1.82, 2.24) is 14.5 Å². The minimum absolute atomic E-state index is 0.399. The van der Waals surface area contributed by atoms with Gasteiger partial charge in [0.1, 0.15) is 25.2 Å². The molecule has 0 spiro atoms. The summed E-state index contributed by atoms with van der Waals surface area (Å²) in [6.45, 7) is 0.833. The molecule has 0 saturated carbocycles. The summed E-state index contributed by atoms with van der Waals surface area (Å²) in [4.78, 5) is 9.26. The summed E-state index contributed by atoms with van der Waals surface area (Å²) >= 11 is 3.53. The van der Waals surface area contributed by atoms with E-state index in [1.54, 1.807) is 6.33 Å². The summed E-state index contributed by atoms with van der Waals surface area (Å²) in [5.74, 6) is 0.982. The minimum Gasteiger partial charge on any atom is -0.473 e. The van der Waals surface area contributed by atoms with Gasteiger partial charge in [-0.05, 0) is 29.3 Å². The van der Waals surface area contributed by atoms with Crippen molar-refractivity contribution in [3.05, 3.63) is 125 Å². The molecule has 5 aromatic rings. The molecule has 5 nitrogen and oxygen atoms in total. The average Bonchev–Trinajstić information content (AvgIpc) is 3.38. The second-order valence-electron chi connectivity index (χ2n) is 7.70. The van der Waals surface area contributed by atoms with Crippen molar-refractivity contribution in [3.63, 3.8) is 0 Å². The zero-order valence-corrected chi connectivity index (χ0v) is 19.9. The van der Waals surface area contributed by atoms with E-state index in [2.05, 4.69) is 25.9 Å². The van der Waals surface area contributed by atoms with Crippen LogP contribution in [0.1, 0.15) is 11.1 Å². The first kappa shape index (κ1) is 21.9. The van der Waals surface area contributed by atoms with Gasteiger partial charge in [0.15, 0.2) is 0 Å². The van der Waals surface area contributed by atoms with Crippen molar-refractivity contribution in [1.29, 1.82) is 0 Å². The summed E-state index contributed by atoms with van der Waals surface area (Å²) in [5.41, 5.74) is 4.81. The molecule has 0 atom stereocenters. The van der Waals surface area contributed by atoms with Crippen molar-refractivity contribution >= 4 is 15.9 Å². The van der Waals surface area contributed by atoms with Crippen molar-refractivity contribution in [2.24, 2.45) is 0 Å². The van der Waals surface area contributed by atoms with Gasteiger partial charge in [0, 0.05) is 22.3 Å². The van der Waals surface area contributed by atoms with Crippen molar-refractivity contribution in [2.75, 3.05) is 0 Å². The Bertz CT molecular complexity index is 1370. The fraction of sp³-hybridized carbons (Fsp3) is 0.0714. The number of benzene rings is 3. The maximum absolute atomic E-state index is 6.16. The van der Waals surface area contributed by atoms with Crippen LogP contribution in [0.5, 0.6) is 11.8 Å². The molecule has 0 bridgehead atoms. The summed E-state index contributed by atoms with van der Waals surface area (Å²) in [7, 11) is 0. The van der Waals surface area contributed by atoms with Gasteiger partial charge in [-0.3, -0.25) is 0 Å². The lowest BCUT2D eigenvalue weighted by atomic mass is 10.2. The molecule has 3 aromatic carbocycles. The molecule has 0 fully saturated rings. The van der Waals surface area contributed by atoms with Gasteiger partial charge >= 0.3 is 0 Å². The molecule has 0 amide bonds. The molecular weight excluding hydrogens is 490 g/mol. The van der Waals surface area contributed by atoms with Crippen LogP contribution in [0, 0.1) is 0 Å². The lowest BCUT2D eigenvalue weighted by Crippen LogP contribution is -2.04. The van der Waals surface area contributed by atoms with Crippen LogP contribution >= 0.6 is 15.9 Å². The van der Waals surface area contributed by atoms with E-state index in [1.165, 1.54) is 0 Å². The van der Waals surface area contributed by atoms with Gasteiger partial charge in [-0.1, -0.05) is 88.7 Å². The zero-order chi connectivity index (χ0) is 23.2. The van der Waals surface area contributed by atoms with Crippen molar-refractivity contribution < 1.29 is 9.47 Å². The second kappa shape index (κ2) is 10.4. The number of aromatic nitrogens is 3. The molecule has 0 aliphatic heterocycles. The number of rotatable bonds is 8. The van der Waals surface area contributed by atoms with E-state index in [0.29, 0.717) is 25.0 Å². The van der Waals surface area contributed by atoms with Crippen molar-refractivity contribution in [2.45, 2.75) is 13.2 Å². The first-order valence-corrected chi connectivity index (χ1v) is 11.7. The van der Waals surface area contributed by atoms with Crippen LogP contribution in [0.25, 0.3) is 16.9 Å². The molecule has 0 unspecified atom stereocenters. The highest BCUT2D eigenvalue weighted by Crippen LogP contribution is 2.28. The molecule has 5 rings (SSSR count).